The van der Waals surface area contributed by atoms with Gasteiger partial charge in [-0.1, -0.05) is 0 Å². The summed E-state index contributed by atoms with van der Waals surface area (Å²) in [6.45, 7) is -0.112. The summed E-state index contributed by atoms with van der Waals surface area (Å²) in [5.41, 5.74) is -0.111. The van der Waals surface area contributed by atoms with Crippen molar-refractivity contribution in [2.75, 3.05) is 20.8 Å². The number of benzene rings is 1. The molecular formula is C18H22F3N3O4S. The van der Waals surface area contributed by atoms with Gasteiger partial charge in [0, 0.05) is 23.9 Å². The Labute approximate surface area is 166 Å². The van der Waals surface area contributed by atoms with E-state index in [0.29, 0.717) is 30.7 Å². The van der Waals surface area contributed by atoms with Gasteiger partial charge in [-0.05, 0) is 37.8 Å². The lowest BCUT2D eigenvalue weighted by atomic mass is 9.95. The van der Waals surface area contributed by atoms with E-state index in [2.05, 4.69) is 9.82 Å². The molecule has 0 unspecified atom stereocenters. The van der Waals surface area contributed by atoms with E-state index in [-0.39, 0.29) is 29.3 Å². The number of alkyl halides is 3. The predicted molar refractivity (Wildman–Crippen MR) is 98.6 cm³/mol. The Kier molecular flexibility index (Phi) is 6.08. The van der Waals surface area contributed by atoms with E-state index < -0.39 is 21.9 Å². The molecule has 0 fully saturated rings. The summed E-state index contributed by atoms with van der Waals surface area (Å²) in [6.07, 6.45) is -2.23. The van der Waals surface area contributed by atoms with Gasteiger partial charge in [0.2, 0.25) is 10.0 Å². The molecule has 1 aliphatic rings. The average Bonchev–Trinajstić information content (AvgIpc) is 3.06. The third-order valence-electron chi connectivity index (χ3n) is 4.80. The van der Waals surface area contributed by atoms with Crippen LogP contribution < -0.4 is 14.2 Å². The number of hydrogen-bond acceptors (Lipinski definition) is 5. The number of aromatic nitrogens is 2. The summed E-state index contributed by atoms with van der Waals surface area (Å²) < 4.78 is 78.8. The average molecular weight is 433 g/mol. The van der Waals surface area contributed by atoms with Crippen molar-refractivity contribution < 1.29 is 31.1 Å². The number of hydrogen-bond donors (Lipinski definition) is 1. The van der Waals surface area contributed by atoms with Crippen LogP contribution in [0.4, 0.5) is 13.2 Å². The van der Waals surface area contributed by atoms with E-state index in [9.17, 15) is 21.6 Å². The number of nitrogens with one attached hydrogen (secondary N) is 1. The molecule has 0 bridgehead atoms. The number of sulfonamides is 1. The van der Waals surface area contributed by atoms with Gasteiger partial charge in [-0.15, -0.1) is 0 Å². The third kappa shape index (κ3) is 4.50. The lowest BCUT2D eigenvalue weighted by Crippen LogP contribution is -2.28. The molecule has 0 saturated heterocycles. The normalized spacial score (nSPS) is 14.5. The molecule has 1 aromatic carbocycles. The first-order valence-electron chi connectivity index (χ1n) is 9.05. The highest BCUT2D eigenvalue weighted by Crippen LogP contribution is 2.35. The number of fused-ring (bicyclic) bond motifs is 1. The van der Waals surface area contributed by atoms with Crippen LogP contribution in [0.3, 0.4) is 0 Å². The second-order valence-electron chi connectivity index (χ2n) is 6.62. The van der Waals surface area contributed by atoms with Crippen LogP contribution in [-0.2, 0) is 35.6 Å². The van der Waals surface area contributed by atoms with Crippen molar-refractivity contribution in [3.8, 4) is 11.5 Å². The highest BCUT2D eigenvalue weighted by molar-refractivity contribution is 7.89. The largest absolute Gasteiger partial charge is 0.497 e. The smallest absolute Gasteiger partial charge is 0.435 e. The van der Waals surface area contributed by atoms with Crippen LogP contribution in [0, 0.1) is 0 Å². The van der Waals surface area contributed by atoms with Gasteiger partial charge in [-0.3, -0.25) is 4.68 Å². The minimum absolute atomic E-state index is 0.00386. The zero-order valence-electron chi connectivity index (χ0n) is 16.0. The predicted octanol–water partition coefficient (Wildman–Crippen LogP) is 2.78. The zero-order valence-corrected chi connectivity index (χ0v) is 16.9. The Morgan fingerprint density at radius 1 is 1.17 bits per heavy atom. The summed E-state index contributed by atoms with van der Waals surface area (Å²) in [5, 5.41) is 3.73. The summed E-state index contributed by atoms with van der Waals surface area (Å²) in [4.78, 5) is -0.0840. The van der Waals surface area contributed by atoms with Crippen LogP contribution in [0.1, 0.15) is 29.8 Å². The molecule has 1 aliphatic carbocycles. The first kappa shape index (κ1) is 21.4. The Morgan fingerprint density at radius 2 is 1.90 bits per heavy atom. The van der Waals surface area contributed by atoms with E-state index >= 15 is 0 Å². The van der Waals surface area contributed by atoms with Crippen molar-refractivity contribution in [2.24, 2.45) is 0 Å². The van der Waals surface area contributed by atoms with E-state index in [1.807, 2.05) is 0 Å². The van der Waals surface area contributed by atoms with Gasteiger partial charge in [0.25, 0.3) is 0 Å². The van der Waals surface area contributed by atoms with Gasteiger partial charge >= 0.3 is 6.18 Å². The monoisotopic (exact) mass is 433 g/mol. The molecule has 0 spiro atoms. The number of nitrogens with zero attached hydrogens (tertiary/aromatic N) is 2. The maximum absolute atomic E-state index is 13.3. The quantitative estimate of drug-likeness (QED) is 0.726. The van der Waals surface area contributed by atoms with Gasteiger partial charge in [0.15, 0.2) is 5.69 Å². The number of rotatable bonds is 7. The highest BCUT2D eigenvalue weighted by atomic mass is 32.2. The van der Waals surface area contributed by atoms with E-state index in [1.54, 1.807) is 0 Å². The highest BCUT2D eigenvalue weighted by Gasteiger charge is 2.39. The summed E-state index contributed by atoms with van der Waals surface area (Å²) in [5.74, 6) is 0.538. The maximum Gasteiger partial charge on any atom is 0.435 e. The fourth-order valence-corrected chi connectivity index (χ4v) is 4.61. The molecule has 0 radical (unpaired) electrons. The Morgan fingerprint density at radius 3 is 2.55 bits per heavy atom. The Bertz CT molecular complexity index is 987. The fraction of sp³-hybridized carbons (Fsp3) is 0.500. The van der Waals surface area contributed by atoms with Crippen LogP contribution in [0.15, 0.2) is 23.1 Å². The Balaban J connectivity index is 1.77. The van der Waals surface area contributed by atoms with Gasteiger partial charge in [-0.25, -0.2) is 13.1 Å². The molecule has 11 heteroatoms. The van der Waals surface area contributed by atoms with Crippen molar-refractivity contribution >= 4 is 10.0 Å². The number of methoxy groups -OCH3 is 2. The summed E-state index contributed by atoms with van der Waals surface area (Å²) in [7, 11) is -1.15. The van der Waals surface area contributed by atoms with Crippen LogP contribution in [-0.4, -0.2) is 39.0 Å². The minimum Gasteiger partial charge on any atom is -0.497 e. The van der Waals surface area contributed by atoms with Crippen LogP contribution in [0.2, 0.25) is 0 Å². The second kappa shape index (κ2) is 8.23. The molecule has 0 amide bonds. The van der Waals surface area contributed by atoms with E-state index in [0.717, 1.165) is 6.42 Å². The molecule has 2 aromatic rings. The molecule has 0 aliphatic heterocycles. The molecule has 29 heavy (non-hydrogen) atoms. The summed E-state index contributed by atoms with van der Waals surface area (Å²) in [6, 6.07) is 4.27. The lowest BCUT2D eigenvalue weighted by molar-refractivity contribution is -0.142. The van der Waals surface area contributed by atoms with Gasteiger partial charge in [0.05, 0.1) is 20.8 Å². The molecule has 1 N–H and O–H groups in total. The van der Waals surface area contributed by atoms with Crippen molar-refractivity contribution in [3.63, 3.8) is 0 Å². The molecule has 0 atom stereocenters. The Hall–Kier alpha value is -2.27. The van der Waals surface area contributed by atoms with Crippen LogP contribution in [0.25, 0.3) is 0 Å². The topological polar surface area (TPSA) is 82.5 Å². The standard InChI is InChI=1S/C18H22F3N3O4S/c1-27-12-7-8-16(15(11-12)28-2)29(25,26)22-9-10-24-14-6-4-3-5-13(14)17(23-24)18(19,20)21/h7-8,11,22H,3-6,9-10H2,1-2H3. The van der Waals surface area contributed by atoms with Crippen LogP contribution >= 0.6 is 0 Å². The van der Waals surface area contributed by atoms with Crippen molar-refractivity contribution in [1.29, 1.82) is 0 Å². The molecule has 3 rings (SSSR count). The SMILES string of the molecule is COc1ccc(S(=O)(=O)NCCn2nc(C(F)(F)F)c3c2CCCC3)c(OC)c1. The molecule has 1 heterocycles. The molecular weight excluding hydrogens is 411 g/mol. The fourth-order valence-electron chi connectivity index (χ4n) is 3.44. The van der Waals surface area contributed by atoms with E-state index in [4.69, 9.17) is 9.47 Å². The van der Waals surface area contributed by atoms with Gasteiger partial charge < -0.3 is 9.47 Å². The lowest BCUT2D eigenvalue weighted by Gasteiger charge is -2.15. The summed E-state index contributed by atoms with van der Waals surface area (Å²) >= 11 is 0. The first-order chi connectivity index (χ1) is 13.7. The second-order valence-corrected chi connectivity index (χ2v) is 8.35. The van der Waals surface area contributed by atoms with Crippen molar-refractivity contribution in [3.05, 3.63) is 35.2 Å². The maximum atomic E-state index is 13.3. The molecule has 7 nitrogen and oxygen atoms in total. The van der Waals surface area contributed by atoms with Crippen molar-refractivity contribution in [2.45, 2.75) is 43.3 Å². The van der Waals surface area contributed by atoms with Gasteiger partial charge in [0.1, 0.15) is 16.4 Å². The van der Waals surface area contributed by atoms with Gasteiger partial charge in [-0.2, -0.15) is 18.3 Å². The van der Waals surface area contributed by atoms with Crippen LogP contribution in [0.5, 0.6) is 11.5 Å². The first-order valence-corrected chi connectivity index (χ1v) is 10.5. The minimum atomic E-state index is -4.53. The molecule has 0 saturated carbocycles. The zero-order chi connectivity index (χ0) is 21.2. The van der Waals surface area contributed by atoms with Crippen molar-refractivity contribution in [1.82, 2.24) is 14.5 Å². The van der Waals surface area contributed by atoms with E-state index in [1.165, 1.54) is 37.1 Å². The number of ether oxygens (including phenoxy) is 2. The number of halogens is 3. The third-order valence-corrected chi connectivity index (χ3v) is 6.30. The molecule has 160 valence electrons. The molecule has 1 aromatic heterocycles.